The maximum Gasteiger partial charge on any atom is 0.248 e. The lowest BCUT2D eigenvalue weighted by atomic mass is 10.2. The fourth-order valence-electron chi connectivity index (χ4n) is 3.76. The number of anilines is 2. The Morgan fingerprint density at radius 3 is 2.21 bits per heavy atom. The van der Waals surface area contributed by atoms with E-state index in [1.54, 1.807) is 24.3 Å². The van der Waals surface area contributed by atoms with E-state index in [1.807, 2.05) is 6.92 Å². The third-order valence-electron chi connectivity index (χ3n) is 5.51. The zero-order valence-corrected chi connectivity index (χ0v) is 20.7. The van der Waals surface area contributed by atoms with Crippen LogP contribution in [0.1, 0.15) is 25.3 Å². The number of methoxy groups -OCH3 is 1. The van der Waals surface area contributed by atoms with Crippen LogP contribution in [-0.2, 0) is 24.8 Å². The van der Waals surface area contributed by atoms with Gasteiger partial charge in [-0.15, -0.1) is 0 Å². The number of carbonyl (C=O) groups is 1. The van der Waals surface area contributed by atoms with Crippen LogP contribution < -0.4 is 14.4 Å². The van der Waals surface area contributed by atoms with Crippen LogP contribution in [0.5, 0.6) is 5.75 Å². The summed E-state index contributed by atoms with van der Waals surface area (Å²) < 4.78 is 58.6. The number of hydrogen-bond acceptors (Lipinski definition) is 6. The molecular weight excluding hydrogens is 466 g/mol. The van der Waals surface area contributed by atoms with Gasteiger partial charge in [0, 0.05) is 13.1 Å². The number of nitrogens with one attached hydrogen (secondary N) is 1. The third-order valence-corrected chi connectivity index (χ3v) is 8.64. The van der Waals surface area contributed by atoms with Crippen LogP contribution >= 0.6 is 0 Å². The van der Waals surface area contributed by atoms with Gasteiger partial charge in [0.05, 0.1) is 29.6 Å². The smallest absolute Gasteiger partial charge is 0.248 e. The molecule has 0 unspecified atom stereocenters. The Morgan fingerprint density at radius 2 is 1.67 bits per heavy atom. The quantitative estimate of drug-likeness (QED) is 0.602. The number of nitrogens with zero attached hydrogens (tertiary/aromatic N) is 2. The molecule has 0 bridgehead atoms. The molecule has 3 rings (SSSR count). The summed E-state index contributed by atoms with van der Waals surface area (Å²) in [6.07, 6.45) is 2.63. The van der Waals surface area contributed by atoms with Crippen LogP contribution in [0.4, 0.5) is 11.4 Å². The molecule has 1 fully saturated rings. The van der Waals surface area contributed by atoms with Gasteiger partial charge >= 0.3 is 0 Å². The first-order chi connectivity index (χ1) is 15.4. The maximum atomic E-state index is 13.1. The largest absolute Gasteiger partial charge is 0.495 e. The van der Waals surface area contributed by atoms with Crippen molar-refractivity contribution >= 4 is 37.3 Å². The molecule has 0 aromatic heterocycles. The molecule has 2 aromatic rings. The number of ether oxygens (including phenoxy) is 1. The van der Waals surface area contributed by atoms with E-state index in [-0.39, 0.29) is 16.3 Å². The number of amides is 1. The Kier molecular flexibility index (Phi) is 7.35. The number of hydrogen-bond donors (Lipinski definition) is 1. The topological polar surface area (TPSA) is 113 Å². The summed E-state index contributed by atoms with van der Waals surface area (Å²) in [7, 11) is -6.09. The summed E-state index contributed by atoms with van der Waals surface area (Å²) in [4.78, 5) is 13.1. The van der Waals surface area contributed by atoms with Crippen LogP contribution in [0, 0.1) is 6.92 Å². The monoisotopic (exact) mass is 495 g/mol. The van der Waals surface area contributed by atoms with Gasteiger partial charge in [0.15, 0.2) is 0 Å². The highest BCUT2D eigenvalue weighted by atomic mass is 32.2. The Hall–Kier alpha value is -2.63. The van der Waals surface area contributed by atoms with E-state index in [2.05, 4.69) is 5.32 Å². The van der Waals surface area contributed by atoms with Crippen molar-refractivity contribution in [1.29, 1.82) is 0 Å². The highest BCUT2D eigenvalue weighted by Gasteiger charge is 2.31. The molecule has 1 atom stereocenters. The number of rotatable bonds is 8. The Balaban J connectivity index is 1.92. The van der Waals surface area contributed by atoms with Crippen molar-refractivity contribution in [2.75, 3.05) is 36.1 Å². The molecule has 11 heteroatoms. The van der Waals surface area contributed by atoms with Crippen molar-refractivity contribution in [3.05, 3.63) is 48.0 Å². The summed E-state index contributed by atoms with van der Waals surface area (Å²) in [6.45, 7) is 4.24. The minimum Gasteiger partial charge on any atom is -0.495 e. The van der Waals surface area contributed by atoms with Crippen LogP contribution in [0.3, 0.4) is 0 Å². The van der Waals surface area contributed by atoms with E-state index in [0.29, 0.717) is 18.8 Å². The average molecular weight is 496 g/mol. The molecule has 1 aliphatic heterocycles. The van der Waals surface area contributed by atoms with Crippen LogP contribution in [-0.4, -0.2) is 59.5 Å². The first kappa shape index (κ1) is 25.0. The predicted molar refractivity (Wildman–Crippen MR) is 128 cm³/mol. The Bertz CT molecular complexity index is 1220. The summed E-state index contributed by atoms with van der Waals surface area (Å²) in [5.74, 6) is -0.368. The molecule has 0 aliphatic carbocycles. The zero-order chi connectivity index (χ0) is 24.4. The van der Waals surface area contributed by atoms with Crippen molar-refractivity contribution in [3.8, 4) is 5.75 Å². The summed E-state index contributed by atoms with van der Waals surface area (Å²) in [5, 5.41) is 2.65. The number of benzene rings is 2. The molecule has 1 amide bonds. The molecule has 1 aliphatic rings. The van der Waals surface area contributed by atoms with Gasteiger partial charge in [-0.25, -0.2) is 16.8 Å². The molecule has 33 heavy (non-hydrogen) atoms. The highest BCUT2D eigenvalue weighted by Crippen LogP contribution is 2.31. The van der Waals surface area contributed by atoms with Crippen LogP contribution in [0.15, 0.2) is 47.4 Å². The van der Waals surface area contributed by atoms with Crippen molar-refractivity contribution in [2.24, 2.45) is 0 Å². The van der Waals surface area contributed by atoms with E-state index in [4.69, 9.17) is 4.74 Å². The lowest BCUT2D eigenvalue weighted by Gasteiger charge is -2.28. The standard InChI is InChI=1S/C22H29N3O6S2/c1-16-7-9-18(10-8-16)25(32(4,27)28)17(2)22(26)23-20-15-19(11-12-21(20)31-3)33(29,30)24-13-5-6-14-24/h7-12,15,17H,5-6,13-14H2,1-4H3,(H,23,26)/t17-/m0/s1. The van der Waals surface area contributed by atoms with E-state index < -0.39 is 32.0 Å². The summed E-state index contributed by atoms with van der Waals surface area (Å²) in [6, 6.07) is 9.91. The first-order valence-corrected chi connectivity index (χ1v) is 13.8. The lowest BCUT2D eigenvalue weighted by Crippen LogP contribution is -2.45. The van der Waals surface area contributed by atoms with E-state index >= 15 is 0 Å². The van der Waals surface area contributed by atoms with E-state index in [1.165, 1.54) is 36.5 Å². The molecule has 1 N–H and O–H groups in total. The molecule has 2 aromatic carbocycles. The minimum atomic E-state index is -3.79. The molecule has 0 spiro atoms. The summed E-state index contributed by atoms with van der Waals surface area (Å²) in [5.41, 5.74) is 1.44. The fraction of sp³-hybridized carbons (Fsp3) is 0.409. The number of carbonyl (C=O) groups excluding carboxylic acids is 1. The number of aryl methyl sites for hydroxylation is 1. The number of sulfonamides is 2. The van der Waals surface area contributed by atoms with Gasteiger partial charge < -0.3 is 10.1 Å². The van der Waals surface area contributed by atoms with E-state index in [9.17, 15) is 21.6 Å². The fourth-order valence-corrected chi connectivity index (χ4v) is 6.48. The van der Waals surface area contributed by atoms with Gasteiger partial charge in [0.25, 0.3) is 0 Å². The Morgan fingerprint density at radius 1 is 1.06 bits per heavy atom. The van der Waals surface area contributed by atoms with Gasteiger partial charge in [-0.2, -0.15) is 4.31 Å². The van der Waals surface area contributed by atoms with Crippen molar-refractivity contribution in [2.45, 2.75) is 37.6 Å². The van der Waals surface area contributed by atoms with E-state index in [0.717, 1.165) is 29.0 Å². The van der Waals surface area contributed by atoms with Gasteiger partial charge in [-0.3, -0.25) is 9.10 Å². The predicted octanol–water partition coefficient (Wildman–Crippen LogP) is 2.58. The second-order valence-electron chi connectivity index (χ2n) is 8.03. The third kappa shape index (κ3) is 5.48. The molecule has 180 valence electrons. The van der Waals surface area contributed by atoms with Crippen LogP contribution in [0.2, 0.25) is 0 Å². The molecule has 1 heterocycles. The van der Waals surface area contributed by atoms with Gasteiger partial charge in [0.2, 0.25) is 26.0 Å². The Labute approximate surface area is 195 Å². The summed E-state index contributed by atoms with van der Waals surface area (Å²) >= 11 is 0. The average Bonchev–Trinajstić information content (AvgIpc) is 3.30. The molecule has 9 nitrogen and oxygen atoms in total. The maximum absolute atomic E-state index is 13.1. The normalized spacial score (nSPS) is 15.8. The zero-order valence-electron chi connectivity index (χ0n) is 19.1. The molecular formula is C22H29N3O6S2. The minimum absolute atomic E-state index is 0.0339. The van der Waals surface area contributed by atoms with Crippen molar-refractivity contribution in [1.82, 2.24) is 4.31 Å². The van der Waals surface area contributed by atoms with Crippen molar-refractivity contribution < 1.29 is 26.4 Å². The van der Waals surface area contributed by atoms with Gasteiger partial charge in [0.1, 0.15) is 11.8 Å². The molecule has 0 saturated carbocycles. The lowest BCUT2D eigenvalue weighted by molar-refractivity contribution is -0.116. The van der Waals surface area contributed by atoms with Gasteiger partial charge in [-0.05, 0) is 57.0 Å². The molecule has 1 saturated heterocycles. The second kappa shape index (κ2) is 9.70. The van der Waals surface area contributed by atoms with Crippen molar-refractivity contribution in [3.63, 3.8) is 0 Å². The van der Waals surface area contributed by atoms with Crippen LogP contribution in [0.25, 0.3) is 0 Å². The van der Waals surface area contributed by atoms with Gasteiger partial charge in [-0.1, -0.05) is 17.7 Å². The molecule has 0 radical (unpaired) electrons. The highest BCUT2D eigenvalue weighted by molar-refractivity contribution is 7.92. The SMILES string of the molecule is COc1ccc(S(=O)(=O)N2CCCC2)cc1NC(=O)[C@H](C)N(c1ccc(C)cc1)S(C)(=O)=O. The first-order valence-electron chi connectivity index (χ1n) is 10.5. The second-order valence-corrected chi connectivity index (χ2v) is 11.8.